The molecule has 0 spiro atoms. The van der Waals surface area contributed by atoms with E-state index >= 15 is 0 Å². The average Bonchev–Trinajstić information content (AvgIpc) is 3.51. The van der Waals surface area contributed by atoms with Gasteiger partial charge in [-0.05, 0) is 49.2 Å². The van der Waals surface area contributed by atoms with E-state index < -0.39 is 6.09 Å². The number of fused-ring (bicyclic) bond motifs is 1. The molecule has 0 radical (unpaired) electrons. The molecular formula is C26H26FN7O2S. The van der Waals surface area contributed by atoms with Crippen LogP contribution in [0.3, 0.4) is 0 Å². The molecule has 1 aliphatic rings. The molecule has 1 N–H and O–H groups in total. The summed E-state index contributed by atoms with van der Waals surface area (Å²) < 4.78 is 15.5. The number of pyridine rings is 1. The standard InChI is InChI=1S/C26H26FN7O2S/c1-4-20-24(31(3)25-30-22(21(14-28)37-25)17-5-7-18(27)8-6-17)34-15-19(13-16(2)23(34)29-20)32-9-11-33(12-10-32)26(35)36/h5-8,13,15H,4,9-12H2,1-3H3,(H,35,36). The summed E-state index contributed by atoms with van der Waals surface area (Å²) in [6, 6.07) is 10.3. The van der Waals surface area contributed by atoms with Gasteiger partial charge in [0.05, 0.1) is 11.4 Å². The zero-order valence-electron chi connectivity index (χ0n) is 20.8. The van der Waals surface area contributed by atoms with Gasteiger partial charge in [-0.3, -0.25) is 4.40 Å². The van der Waals surface area contributed by atoms with E-state index in [0.29, 0.717) is 53.9 Å². The van der Waals surface area contributed by atoms with Crippen molar-refractivity contribution in [3.05, 3.63) is 58.5 Å². The van der Waals surface area contributed by atoms with Crippen LogP contribution in [-0.4, -0.2) is 63.7 Å². The minimum atomic E-state index is -0.891. The Balaban J connectivity index is 1.56. The molecule has 1 saturated heterocycles. The summed E-state index contributed by atoms with van der Waals surface area (Å²) in [7, 11) is 1.91. The first-order chi connectivity index (χ1) is 17.8. The number of halogens is 1. The van der Waals surface area contributed by atoms with Crippen molar-refractivity contribution >= 4 is 39.7 Å². The number of benzene rings is 1. The Morgan fingerprint density at radius 2 is 1.92 bits per heavy atom. The molecule has 37 heavy (non-hydrogen) atoms. The number of carboxylic acid groups (broad SMARTS) is 1. The number of amides is 1. The fourth-order valence-electron chi connectivity index (χ4n) is 4.67. The van der Waals surface area contributed by atoms with E-state index in [1.807, 2.05) is 32.0 Å². The molecule has 1 amide bonds. The van der Waals surface area contributed by atoms with Crippen molar-refractivity contribution in [2.24, 2.45) is 0 Å². The molecule has 1 aliphatic heterocycles. The first-order valence-electron chi connectivity index (χ1n) is 12.0. The lowest BCUT2D eigenvalue weighted by molar-refractivity contribution is 0.142. The molecular weight excluding hydrogens is 493 g/mol. The minimum absolute atomic E-state index is 0.344. The molecule has 9 nitrogen and oxygen atoms in total. The van der Waals surface area contributed by atoms with Gasteiger partial charge in [-0.25, -0.2) is 19.2 Å². The topological polar surface area (TPSA) is 101 Å². The van der Waals surface area contributed by atoms with Crippen molar-refractivity contribution in [3.8, 4) is 17.3 Å². The second-order valence-electron chi connectivity index (χ2n) is 8.92. The maximum Gasteiger partial charge on any atom is 0.407 e. The molecule has 1 fully saturated rings. The zero-order valence-corrected chi connectivity index (χ0v) is 21.6. The Kier molecular flexibility index (Phi) is 6.43. The predicted octanol–water partition coefficient (Wildman–Crippen LogP) is 4.91. The van der Waals surface area contributed by atoms with Crippen LogP contribution in [0.1, 0.15) is 23.1 Å². The van der Waals surface area contributed by atoms with Gasteiger partial charge >= 0.3 is 6.09 Å². The number of imidazole rings is 1. The SMILES string of the molecule is CCc1nc2c(C)cc(N3CCN(C(=O)O)CC3)cn2c1N(C)c1nc(-c2ccc(F)cc2)c(C#N)s1. The van der Waals surface area contributed by atoms with Gasteiger partial charge in [0.2, 0.25) is 0 Å². The molecule has 0 bridgehead atoms. The van der Waals surface area contributed by atoms with Crippen LogP contribution in [-0.2, 0) is 6.42 Å². The fraction of sp³-hybridized carbons (Fsp3) is 0.308. The first kappa shape index (κ1) is 24.5. The highest BCUT2D eigenvalue weighted by atomic mass is 32.1. The molecule has 4 aromatic rings. The van der Waals surface area contributed by atoms with Crippen LogP contribution in [0.4, 0.5) is 25.8 Å². The quantitative estimate of drug-likeness (QED) is 0.400. The number of aromatic nitrogens is 3. The van der Waals surface area contributed by atoms with Crippen molar-refractivity contribution in [2.75, 3.05) is 43.0 Å². The largest absolute Gasteiger partial charge is 0.465 e. The number of hydrogen-bond donors (Lipinski definition) is 1. The zero-order chi connectivity index (χ0) is 26.3. The molecule has 4 heterocycles. The number of rotatable bonds is 5. The van der Waals surface area contributed by atoms with Gasteiger partial charge in [0.1, 0.15) is 33.9 Å². The second-order valence-corrected chi connectivity index (χ2v) is 9.90. The fourth-order valence-corrected chi connectivity index (χ4v) is 5.52. The van der Waals surface area contributed by atoms with Gasteiger partial charge in [-0.2, -0.15) is 5.26 Å². The molecule has 0 saturated carbocycles. The number of carbonyl (C=O) groups is 1. The number of piperazine rings is 1. The Bertz CT molecular complexity index is 1510. The lowest BCUT2D eigenvalue weighted by Crippen LogP contribution is -2.48. The van der Waals surface area contributed by atoms with Crippen LogP contribution < -0.4 is 9.80 Å². The van der Waals surface area contributed by atoms with Crippen molar-refractivity contribution in [1.29, 1.82) is 5.26 Å². The summed E-state index contributed by atoms with van der Waals surface area (Å²) in [6.45, 7) is 6.18. The van der Waals surface area contributed by atoms with Crippen LogP contribution in [0.25, 0.3) is 16.9 Å². The van der Waals surface area contributed by atoms with Crippen molar-refractivity contribution in [3.63, 3.8) is 0 Å². The maximum atomic E-state index is 13.5. The highest BCUT2D eigenvalue weighted by molar-refractivity contribution is 7.16. The summed E-state index contributed by atoms with van der Waals surface area (Å²) in [4.78, 5) is 27.0. The Morgan fingerprint density at radius 1 is 1.22 bits per heavy atom. The lowest BCUT2D eigenvalue weighted by Gasteiger charge is -2.34. The van der Waals surface area contributed by atoms with Gasteiger partial charge in [0, 0.05) is 45.0 Å². The van der Waals surface area contributed by atoms with Crippen molar-refractivity contribution in [2.45, 2.75) is 20.3 Å². The van der Waals surface area contributed by atoms with Gasteiger partial charge < -0.3 is 19.8 Å². The van der Waals surface area contributed by atoms with E-state index in [-0.39, 0.29) is 5.82 Å². The van der Waals surface area contributed by atoms with E-state index in [4.69, 9.17) is 9.97 Å². The maximum absolute atomic E-state index is 13.5. The van der Waals surface area contributed by atoms with Crippen LogP contribution in [0.15, 0.2) is 36.5 Å². The van der Waals surface area contributed by atoms with Gasteiger partial charge in [0.15, 0.2) is 5.13 Å². The van der Waals surface area contributed by atoms with Crippen LogP contribution in [0, 0.1) is 24.1 Å². The van der Waals surface area contributed by atoms with E-state index in [9.17, 15) is 19.6 Å². The number of anilines is 3. The Morgan fingerprint density at radius 3 is 2.54 bits per heavy atom. The number of hydrogen-bond acceptors (Lipinski definition) is 7. The highest BCUT2D eigenvalue weighted by Gasteiger charge is 2.25. The monoisotopic (exact) mass is 519 g/mol. The smallest absolute Gasteiger partial charge is 0.407 e. The van der Waals surface area contributed by atoms with Crippen molar-refractivity contribution < 1.29 is 14.3 Å². The highest BCUT2D eigenvalue weighted by Crippen LogP contribution is 2.37. The lowest BCUT2D eigenvalue weighted by atomic mass is 10.1. The third kappa shape index (κ3) is 4.44. The Labute approximate surface area is 217 Å². The van der Waals surface area contributed by atoms with Gasteiger partial charge in [0.25, 0.3) is 0 Å². The number of aryl methyl sites for hydroxylation is 2. The average molecular weight is 520 g/mol. The number of nitrogens with zero attached hydrogens (tertiary/aromatic N) is 7. The minimum Gasteiger partial charge on any atom is -0.465 e. The van der Waals surface area contributed by atoms with E-state index in [1.54, 1.807) is 12.1 Å². The third-order valence-electron chi connectivity index (χ3n) is 6.62. The molecule has 3 aromatic heterocycles. The summed E-state index contributed by atoms with van der Waals surface area (Å²) >= 11 is 1.28. The third-order valence-corrected chi connectivity index (χ3v) is 7.66. The van der Waals surface area contributed by atoms with Gasteiger partial charge in [-0.15, -0.1) is 0 Å². The van der Waals surface area contributed by atoms with E-state index in [1.165, 1.54) is 28.4 Å². The van der Waals surface area contributed by atoms with E-state index in [2.05, 4.69) is 21.4 Å². The predicted molar refractivity (Wildman–Crippen MR) is 141 cm³/mol. The van der Waals surface area contributed by atoms with E-state index in [0.717, 1.165) is 28.4 Å². The van der Waals surface area contributed by atoms with Gasteiger partial charge in [-0.1, -0.05) is 18.3 Å². The molecule has 1 aromatic carbocycles. The first-order valence-corrected chi connectivity index (χ1v) is 12.8. The van der Waals surface area contributed by atoms with Crippen LogP contribution in [0.2, 0.25) is 0 Å². The molecule has 190 valence electrons. The molecule has 5 rings (SSSR count). The van der Waals surface area contributed by atoms with Crippen LogP contribution in [0.5, 0.6) is 0 Å². The summed E-state index contributed by atoms with van der Waals surface area (Å²) in [5, 5.41) is 19.7. The molecule has 0 unspecified atom stereocenters. The summed E-state index contributed by atoms with van der Waals surface area (Å²) in [5.41, 5.74) is 4.94. The molecule has 0 aliphatic carbocycles. The number of thiazole rings is 1. The summed E-state index contributed by atoms with van der Waals surface area (Å²) in [5.74, 6) is 0.513. The molecule has 11 heteroatoms. The van der Waals surface area contributed by atoms with Crippen molar-refractivity contribution in [1.82, 2.24) is 19.3 Å². The second kappa shape index (κ2) is 9.71. The van der Waals surface area contributed by atoms with Crippen LogP contribution >= 0.6 is 11.3 Å². The number of nitriles is 1. The molecule has 0 atom stereocenters. The normalized spacial score (nSPS) is 13.7. The Hall–Kier alpha value is -4.17. The summed E-state index contributed by atoms with van der Waals surface area (Å²) in [6.07, 6.45) is 1.85.